The van der Waals surface area contributed by atoms with Gasteiger partial charge in [-0.2, -0.15) is 0 Å². The third-order valence-corrected chi connectivity index (χ3v) is 1.87. The second-order valence-electron chi connectivity index (χ2n) is 2.61. The topological polar surface area (TPSA) is 95.9 Å². The maximum atomic E-state index is 9.19. The van der Waals surface area contributed by atoms with Crippen LogP contribution in [0.1, 0.15) is 0 Å². The lowest BCUT2D eigenvalue weighted by molar-refractivity contribution is -0.00906. The van der Waals surface area contributed by atoms with Crippen molar-refractivity contribution in [3.8, 4) is 0 Å². The molecule has 0 saturated carbocycles. The molecule has 64 valence electrons. The van der Waals surface area contributed by atoms with Gasteiger partial charge in [-0.15, -0.1) is 0 Å². The molecule has 1 heterocycles. The van der Waals surface area contributed by atoms with Crippen molar-refractivity contribution in [1.82, 2.24) is 0 Å². The molecule has 0 aromatic rings. The van der Waals surface area contributed by atoms with Gasteiger partial charge in [0, 0.05) is 0 Å². The third kappa shape index (κ3) is 1.55. The van der Waals surface area contributed by atoms with E-state index in [1.54, 1.807) is 0 Å². The minimum Gasteiger partial charge on any atom is -0.394 e. The predicted octanol–water partition coefficient (Wildman–Crippen LogP) is -3.26. The zero-order chi connectivity index (χ0) is 8.43. The summed E-state index contributed by atoms with van der Waals surface area (Å²) in [5, 5.41) is 27.0. The molecule has 0 aliphatic carbocycles. The highest BCUT2D eigenvalue weighted by atomic mass is 16.5. The molecule has 0 amide bonds. The Morgan fingerprint density at radius 1 is 1.36 bits per heavy atom. The molecule has 6 heteroatoms. The summed E-state index contributed by atoms with van der Waals surface area (Å²) in [6, 6.07) is -0.554. The van der Waals surface area contributed by atoms with Crippen molar-refractivity contribution in [1.29, 1.82) is 0 Å². The molecule has 0 radical (unpaired) electrons. The summed E-state index contributed by atoms with van der Waals surface area (Å²) in [6.45, 7) is -0.297. The Morgan fingerprint density at radius 3 is 2.27 bits per heavy atom. The van der Waals surface area contributed by atoms with Crippen LogP contribution in [0.15, 0.2) is 0 Å². The Labute approximate surface area is 65.0 Å². The van der Waals surface area contributed by atoms with Gasteiger partial charge in [0.05, 0.1) is 12.6 Å². The van der Waals surface area contributed by atoms with Gasteiger partial charge in [0.15, 0.2) is 0 Å². The van der Waals surface area contributed by atoms with E-state index in [0.717, 1.165) is 0 Å². The molecule has 2 unspecified atom stereocenters. The maximum absolute atomic E-state index is 9.19. The first kappa shape index (κ1) is 8.96. The molecular formula is C5H12BNO4. The normalized spacial score (nSPS) is 44.4. The number of rotatable bonds is 2. The minimum absolute atomic E-state index is 0.148. The molecule has 1 rings (SSSR count). The van der Waals surface area contributed by atoms with Crippen LogP contribution in [0.2, 0.25) is 0 Å². The van der Waals surface area contributed by atoms with Crippen molar-refractivity contribution in [3.63, 3.8) is 0 Å². The third-order valence-electron chi connectivity index (χ3n) is 1.87. The van der Waals surface area contributed by atoms with Crippen molar-refractivity contribution in [2.24, 2.45) is 5.64 Å². The van der Waals surface area contributed by atoms with Crippen LogP contribution in [-0.4, -0.2) is 53.7 Å². The van der Waals surface area contributed by atoms with Crippen LogP contribution in [0.25, 0.3) is 0 Å². The van der Waals surface area contributed by atoms with Crippen LogP contribution in [0.5, 0.6) is 0 Å². The fourth-order valence-corrected chi connectivity index (χ4v) is 1.17. The second kappa shape index (κ2) is 3.51. The van der Waals surface area contributed by atoms with Crippen molar-refractivity contribution < 1.29 is 20.1 Å². The first-order valence-electron chi connectivity index (χ1n) is 3.53. The lowest BCUT2D eigenvalue weighted by Crippen LogP contribution is -2.38. The van der Waals surface area contributed by atoms with Crippen molar-refractivity contribution in [2.75, 3.05) is 6.61 Å². The Bertz CT molecular complexity index is 118. The average Bonchev–Trinajstić information content (AvgIpc) is 2.30. The van der Waals surface area contributed by atoms with Crippen LogP contribution in [0.3, 0.4) is 0 Å². The smallest absolute Gasteiger partial charge is 0.235 e. The molecular weight excluding hydrogens is 149 g/mol. The molecule has 5 nitrogen and oxygen atoms in total. The first-order valence-corrected chi connectivity index (χ1v) is 3.53. The van der Waals surface area contributed by atoms with Crippen LogP contribution in [0.4, 0.5) is 0 Å². The summed E-state index contributed by atoms with van der Waals surface area (Å²) in [5.41, 5.74) is 5.23. The summed E-state index contributed by atoms with van der Waals surface area (Å²) in [7, 11) is 0.148. The summed E-state index contributed by atoms with van der Waals surface area (Å²) in [6.07, 6.45) is -2.69. The molecule has 4 atom stereocenters. The number of hydrogen-bond donors (Lipinski definition) is 4. The molecule has 1 aliphatic heterocycles. The number of ether oxygens (including phenoxy) is 1. The molecule has 1 saturated heterocycles. The van der Waals surface area contributed by atoms with E-state index in [0.29, 0.717) is 0 Å². The molecule has 0 aromatic heterocycles. The Balaban J connectivity index is 2.53. The van der Waals surface area contributed by atoms with Gasteiger partial charge in [-0.25, -0.2) is 0 Å². The van der Waals surface area contributed by atoms with Gasteiger partial charge in [-0.05, 0) is 0 Å². The fourth-order valence-electron chi connectivity index (χ4n) is 1.17. The molecule has 1 aliphatic rings. The van der Waals surface area contributed by atoms with Crippen molar-refractivity contribution in [3.05, 3.63) is 0 Å². The van der Waals surface area contributed by atoms with Crippen LogP contribution < -0.4 is 5.64 Å². The summed E-state index contributed by atoms with van der Waals surface area (Å²) in [5.74, 6) is 0. The minimum atomic E-state index is -1.02. The number of aliphatic hydroxyl groups excluding tert-OH is 3. The van der Waals surface area contributed by atoms with Crippen LogP contribution >= 0.6 is 0 Å². The Morgan fingerprint density at radius 2 is 2.00 bits per heavy atom. The van der Waals surface area contributed by atoms with Gasteiger partial charge in [-0.3, -0.25) is 0 Å². The predicted molar refractivity (Wildman–Crippen MR) is 39.1 cm³/mol. The number of nitrogens with two attached hydrogens (primary N) is 1. The summed E-state index contributed by atoms with van der Waals surface area (Å²) >= 11 is 0. The van der Waals surface area contributed by atoms with E-state index in [2.05, 4.69) is 0 Å². The molecule has 0 spiro atoms. The quantitative estimate of drug-likeness (QED) is 0.319. The monoisotopic (exact) mass is 161 g/mol. The van der Waals surface area contributed by atoms with Gasteiger partial charge >= 0.3 is 0 Å². The highest BCUT2D eigenvalue weighted by molar-refractivity contribution is 6.33. The second-order valence-corrected chi connectivity index (χ2v) is 2.61. The van der Waals surface area contributed by atoms with Crippen molar-refractivity contribution >= 4 is 7.41 Å². The number of hydrogen-bond acceptors (Lipinski definition) is 5. The lowest BCUT2D eigenvalue weighted by Gasteiger charge is -2.10. The highest BCUT2D eigenvalue weighted by Crippen LogP contribution is 2.19. The van der Waals surface area contributed by atoms with E-state index in [1.807, 2.05) is 0 Å². The number of aliphatic hydroxyl groups is 3. The average molecular weight is 161 g/mol. The molecule has 11 heavy (non-hydrogen) atoms. The van der Waals surface area contributed by atoms with Crippen LogP contribution in [0, 0.1) is 0 Å². The summed E-state index contributed by atoms with van der Waals surface area (Å²) < 4.78 is 5.01. The van der Waals surface area contributed by atoms with Gasteiger partial charge < -0.3 is 25.7 Å². The van der Waals surface area contributed by atoms with Gasteiger partial charge in [0.25, 0.3) is 0 Å². The van der Waals surface area contributed by atoms with E-state index in [4.69, 9.17) is 20.6 Å². The van der Waals surface area contributed by atoms with E-state index < -0.39 is 24.3 Å². The summed E-state index contributed by atoms with van der Waals surface area (Å²) in [4.78, 5) is 0. The molecule has 5 N–H and O–H groups in total. The SMILES string of the molecule is NB[C@@H]1O[C@H](CO)C(O)C1O. The van der Waals surface area contributed by atoms with Gasteiger partial charge in [0.1, 0.15) is 18.3 Å². The van der Waals surface area contributed by atoms with E-state index in [1.165, 1.54) is 0 Å². The fraction of sp³-hybridized carbons (Fsp3) is 1.00. The zero-order valence-electron chi connectivity index (χ0n) is 6.05. The molecule has 0 bridgehead atoms. The molecule has 1 fully saturated rings. The van der Waals surface area contributed by atoms with E-state index in [9.17, 15) is 5.11 Å². The van der Waals surface area contributed by atoms with Crippen molar-refractivity contribution in [2.45, 2.75) is 24.3 Å². The standard InChI is InChI=1S/C5H12BNO4/c7-6-5-4(10)3(9)2(1-8)11-5/h2-6,8-10H,1,7H2/t2-,3?,4?,5-/m1/s1. The largest absolute Gasteiger partial charge is 0.394 e. The zero-order valence-corrected chi connectivity index (χ0v) is 6.05. The van der Waals surface area contributed by atoms with Gasteiger partial charge in [0.2, 0.25) is 7.41 Å². The van der Waals surface area contributed by atoms with E-state index in [-0.39, 0.29) is 14.0 Å². The first-order chi connectivity index (χ1) is 5.20. The van der Waals surface area contributed by atoms with Crippen LogP contribution in [-0.2, 0) is 4.74 Å². The molecule has 0 aromatic carbocycles. The Hall–Kier alpha value is -0.135. The van der Waals surface area contributed by atoms with Gasteiger partial charge in [-0.1, -0.05) is 0 Å². The Kier molecular flexibility index (Phi) is 2.86. The van der Waals surface area contributed by atoms with E-state index >= 15 is 0 Å². The lowest BCUT2D eigenvalue weighted by atomic mass is 9.83. The highest BCUT2D eigenvalue weighted by Gasteiger charge is 2.41. The maximum Gasteiger partial charge on any atom is 0.235 e.